The first kappa shape index (κ1) is 12.4. The van der Waals surface area contributed by atoms with Gasteiger partial charge in [-0.1, -0.05) is 11.6 Å². The fourth-order valence-electron chi connectivity index (χ4n) is 4.34. The summed E-state index contributed by atoms with van der Waals surface area (Å²) in [5.74, 6) is 0. The summed E-state index contributed by atoms with van der Waals surface area (Å²) in [6.07, 6.45) is 6.07. The molecule has 22 heavy (non-hydrogen) atoms. The zero-order valence-electron chi connectivity index (χ0n) is 12.8. The van der Waals surface area contributed by atoms with Crippen LogP contribution in [-0.2, 0) is 19.4 Å². The predicted molar refractivity (Wildman–Crippen MR) is 88.2 cm³/mol. The van der Waals surface area contributed by atoms with Crippen molar-refractivity contribution < 1.29 is 0 Å². The van der Waals surface area contributed by atoms with Crippen LogP contribution in [0.5, 0.6) is 0 Å². The molecule has 0 spiro atoms. The van der Waals surface area contributed by atoms with Gasteiger partial charge >= 0.3 is 0 Å². The molecular weight excluding hydrogens is 270 g/mol. The van der Waals surface area contributed by atoms with Gasteiger partial charge in [-0.15, -0.1) is 0 Å². The van der Waals surface area contributed by atoms with Crippen LogP contribution >= 0.6 is 0 Å². The molecule has 1 atom stereocenters. The molecule has 0 aliphatic carbocycles. The Morgan fingerprint density at radius 1 is 1.23 bits per heavy atom. The number of nitrogens with zero attached hydrogens (tertiary/aromatic N) is 2. The molecule has 5 rings (SSSR count). The molecule has 3 aromatic rings. The maximum absolute atomic E-state index is 4.18. The summed E-state index contributed by atoms with van der Waals surface area (Å²) < 4.78 is 2.62. The lowest BCUT2D eigenvalue weighted by Crippen LogP contribution is -2.25. The Kier molecular flexibility index (Phi) is 2.50. The average Bonchev–Trinajstić information content (AvgIpc) is 3.08. The number of fused-ring (bicyclic) bond motifs is 3. The SMILES string of the molecule is Cc1cc2c3c(c1)c1c(n3C(c3ccncc3)C2)CCNC1. The molecule has 4 heterocycles. The second-order valence-corrected chi connectivity index (χ2v) is 6.54. The minimum Gasteiger partial charge on any atom is -0.336 e. The van der Waals surface area contributed by atoms with E-state index in [4.69, 9.17) is 0 Å². The number of rotatable bonds is 1. The smallest absolute Gasteiger partial charge is 0.0631 e. The highest BCUT2D eigenvalue weighted by molar-refractivity contribution is 5.91. The van der Waals surface area contributed by atoms with Crippen LogP contribution in [0.3, 0.4) is 0 Å². The zero-order valence-corrected chi connectivity index (χ0v) is 12.8. The summed E-state index contributed by atoms with van der Waals surface area (Å²) in [6, 6.07) is 9.52. The fraction of sp³-hybridized carbons (Fsp3) is 0.316. The van der Waals surface area contributed by atoms with E-state index in [1.807, 2.05) is 12.4 Å². The van der Waals surface area contributed by atoms with Crippen molar-refractivity contribution >= 4 is 10.9 Å². The minimum absolute atomic E-state index is 0.434. The van der Waals surface area contributed by atoms with E-state index >= 15 is 0 Å². The molecule has 0 saturated heterocycles. The van der Waals surface area contributed by atoms with E-state index in [1.54, 1.807) is 5.69 Å². The number of aryl methyl sites for hydroxylation is 1. The van der Waals surface area contributed by atoms with Gasteiger partial charge in [0.1, 0.15) is 0 Å². The van der Waals surface area contributed by atoms with E-state index < -0.39 is 0 Å². The Balaban J connectivity index is 1.82. The topological polar surface area (TPSA) is 29.9 Å². The van der Waals surface area contributed by atoms with Crippen LogP contribution in [0.25, 0.3) is 10.9 Å². The third-order valence-corrected chi connectivity index (χ3v) is 5.19. The molecule has 0 bridgehead atoms. The van der Waals surface area contributed by atoms with Gasteiger partial charge in [0, 0.05) is 43.0 Å². The summed E-state index contributed by atoms with van der Waals surface area (Å²) in [7, 11) is 0. The number of nitrogens with one attached hydrogen (secondary N) is 1. The zero-order chi connectivity index (χ0) is 14.7. The molecule has 1 aromatic carbocycles. The van der Waals surface area contributed by atoms with Gasteiger partial charge in [-0.25, -0.2) is 0 Å². The maximum Gasteiger partial charge on any atom is 0.0631 e. The second-order valence-electron chi connectivity index (χ2n) is 6.54. The van der Waals surface area contributed by atoms with Crippen molar-refractivity contribution in [2.24, 2.45) is 0 Å². The van der Waals surface area contributed by atoms with Gasteiger partial charge in [-0.2, -0.15) is 0 Å². The van der Waals surface area contributed by atoms with E-state index in [1.165, 1.54) is 33.2 Å². The molecule has 3 nitrogen and oxygen atoms in total. The van der Waals surface area contributed by atoms with Gasteiger partial charge in [-0.05, 0) is 48.2 Å². The summed E-state index contributed by atoms with van der Waals surface area (Å²) in [5, 5.41) is 5.01. The lowest BCUT2D eigenvalue weighted by atomic mass is 9.97. The monoisotopic (exact) mass is 289 g/mol. The van der Waals surface area contributed by atoms with Gasteiger partial charge in [-0.3, -0.25) is 4.98 Å². The predicted octanol–water partition coefficient (Wildman–Crippen LogP) is 3.14. The van der Waals surface area contributed by atoms with E-state index in [9.17, 15) is 0 Å². The Hall–Kier alpha value is -2.13. The molecule has 0 fully saturated rings. The van der Waals surface area contributed by atoms with Crippen molar-refractivity contribution in [1.29, 1.82) is 0 Å². The highest BCUT2D eigenvalue weighted by Gasteiger charge is 2.32. The van der Waals surface area contributed by atoms with Gasteiger partial charge in [0.2, 0.25) is 0 Å². The summed E-state index contributed by atoms with van der Waals surface area (Å²) >= 11 is 0. The van der Waals surface area contributed by atoms with E-state index in [-0.39, 0.29) is 0 Å². The van der Waals surface area contributed by atoms with Gasteiger partial charge in [0.15, 0.2) is 0 Å². The van der Waals surface area contributed by atoms with Crippen molar-refractivity contribution in [3.63, 3.8) is 0 Å². The molecule has 1 N–H and O–H groups in total. The Labute approximate surface area is 130 Å². The Morgan fingerprint density at radius 3 is 2.95 bits per heavy atom. The first-order valence-electron chi connectivity index (χ1n) is 8.09. The minimum atomic E-state index is 0.434. The second kappa shape index (κ2) is 4.43. The van der Waals surface area contributed by atoms with Gasteiger partial charge < -0.3 is 9.88 Å². The molecule has 2 aliphatic rings. The summed E-state index contributed by atoms with van der Waals surface area (Å²) in [4.78, 5) is 4.18. The van der Waals surface area contributed by atoms with Crippen molar-refractivity contribution in [3.8, 4) is 0 Å². The largest absolute Gasteiger partial charge is 0.336 e. The third kappa shape index (κ3) is 1.57. The molecular formula is C19H19N3. The standard InChI is InChI=1S/C19H19N3/c1-12-8-14-10-18(13-2-5-20-6-3-13)22-17-4-7-21-11-16(17)15(9-12)19(14)22/h2-3,5-6,8-9,18,21H,4,7,10-11H2,1H3. The van der Waals surface area contributed by atoms with Crippen LogP contribution in [0.2, 0.25) is 0 Å². The van der Waals surface area contributed by atoms with E-state index in [0.29, 0.717) is 6.04 Å². The fourth-order valence-corrected chi connectivity index (χ4v) is 4.34. The highest BCUT2D eigenvalue weighted by atomic mass is 15.1. The van der Waals surface area contributed by atoms with Crippen LogP contribution in [0, 0.1) is 6.92 Å². The molecule has 0 saturated carbocycles. The van der Waals surface area contributed by atoms with Crippen LogP contribution in [0.1, 0.15) is 34.0 Å². The van der Waals surface area contributed by atoms with Gasteiger partial charge in [0.05, 0.1) is 11.6 Å². The van der Waals surface area contributed by atoms with Crippen molar-refractivity contribution in [2.45, 2.75) is 32.4 Å². The third-order valence-electron chi connectivity index (χ3n) is 5.19. The maximum atomic E-state index is 4.18. The number of pyridine rings is 1. The lowest BCUT2D eigenvalue weighted by molar-refractivity contribution is 0.562. The van der Waals surface area contributed by atoms with Crippen LogP contribution in [0.4, 0.5) is 0 Å². The van der Waals surface area contributed by atoms with Crippen molar-refractivity contribution in [3.05, 3.63) is 64.6 Å². The van der Waals surface area contributed by atoms with Crippen molar-refractivity contribution in [1.82, 2.24) is 14.9 Å². The normalized spacial score (nSPS) is 19.6. The Bertz CT molecular complexity index is 877. The molecule has 110 valence electrons. The molecule has 1 unspecified atom stereocenters. The van der Waals surface area contributed by atoms with Crippen molar-refractivity contribution in [2.75, 3.05) is 6.54 Å². The molecule has 0 radical (unpaired) electrons. The molecule has 2 aliphatic heterocycles. The summed E-state index contributed by atoms with van der Waals surface area (Å²) in [6.45, 7) is 4.31. The van der Waals surface area contributed by atoms with Gasteiger partial charge in [0.25, 0.3) is 0 Å². The Morgan fingerprint density at radius 2 is 2.09 bits per heavy atom. The molecule has 3 heteroatoms. The highest BCUT2D eigenvalue weighted by Crippen LogP contribution is 2.42. The quantitative estimate of drug-likeness (QED) is 0.746. The van der Waals surface area contributed by atoms with Crippen LogP contribution in [-0.4, -0.2) is 16.1 Å². The van der Waals surface area contributed by atoms with Crippen LogP contribution in [0.15, 0.2) is 36.7 Å². The summed E-state index contributed by atoms with van der Waals surface area (Å²) in [5.41, 5.74) is 8.79. The first-order valence-corrected chi connectivity index (χ1v) is 8.09. The number of aromatic nitrogens is 2. The number of benzene rings is 1. The number of hydrogen-bond acceptors (Lipinski definition) is 2. The first-order chi connectivity index (χ1) is 10.8. The molecule has 0 amide bonds. The van der Waals surface area contributed by atoms with Crippen LogP contribution < -0.4 is 5.32 Å². The lowest BCUT2D eigenvalue weighted by Gasteiger charge is -2.21. The van der Waals surface area contributed by atoms with E-state index in [2.05, 4.69) is 46.1 Å². The average molecular weight is 289 g/mol. The van der Waals surface area contributed by atoms with E-state index in [0.717, 1.165) is 25.9 Å². The molecule has 2 aromatic heterocycles. The number of hydrogen-bond donors (Lipinski definition) is 1.